The molecule has 2 heteroatoms. The molecule has 0 spiro atoms. The van der Waals surface area contributed by atoms with Crippen molar-refractivity contribution in [3.05, 3.63) is 176 Å². The minimum absolute atomic E-state index is 1.13. The van der Waals surface area contributed by atoms with Crippen molar-refractivity contribution in [1.82, 2.24) is 0 Å². The van der Waals surface area contributed by atoms with Crippen LogP contribution in [0.5, 0.6) is 0 Å². The highest BCUT2D eigenvalue weighted by Gasteiger charge is 2.16. The predicted octanol–water partition coefficient (Wildman–Crippen LogP) is 13.2. The lowest BCUT2D eigenvalue weighted by Crippen LogP contribution is -2.09. The fraction of sp³-hybridized carbons (Fsp3) is 0. The fourth-order valence-electron chi connectivity index (χ4n) is 6.84. The van der Waals surface area contributed by atoms with Crippen LogP contribution in [0.1, 0.15) is 0 Å². The van der Waals surface area contributed by atoms with E-state index in [1.807, 2.05) is 11.3 Å². The van der Waals surface area contributed by atoms with Crippen LogP contribution in [0.2, 0.25) is 0 Å². The number of hydrogen-bond acceptors (Lipinski definition) is 2. The zero-order valence-electron chi connectivity index (χ0n) is 25.1. The molecule has 216 valence electrons. The Hall–Kier alpha value is -5.70. The topological polar surface area (TPSA) is 3.24 Å². The molecule has 9 aromatic rings. The first-order chi connectivity index (χ1) is 22.8. The largest absolute Gasteiger partial charge is 0.311 e. The number of rotatable bonds is 5. The van der Waals surface area contributed by atoms with Gasteiger partial charge in [-0.15, -0.1) is 11.3 Å². The average Bonchev–Trinajstić information content (AvgIpc) is 3.52. The first kappa shape index (κ1) is 26.7. The van der Waals surface area contributed by atoms with E-state index in [1.165, 1.54) is 64.0 Å². The molecule has 9 rings (SSSR count). The Bertz CT molecular complexity index is 2500. The number of benzene rings is 8. The van der Waals surface area contributed by atoms with Crippen LogP contribution in [0, 0.1) is 0 Å². The molecule has 0 radical (unpaired) electrons. The lowest BCUT2D eigenvalue weighted by atomic mass is 9.98. The van der Waals surface area contributed by atoms with E-state index >= 15 is 0 Å². The summed E-state index contributed by atoms with van der Waals surface area (Å²) in [5, 5.41) is 7.81. The van der Waals surface area contributed by atoms with E-state index in [4.69, 9.17) is 0 Å². The highest BCUT2D eigenvalue weighted by molar-refractivity contribution is 7.27. The van der Waals surface area contributed by atoms with Gasteiger partial charge in [-0.3, -0.25) is 0 Å². The maximum atomic E-state index is 2.34. The van der Waals surface area contributed by atoms with Crippen molar-refractivity contribution in [3.8, 4) is 22.3 Å². The van der Waals surface area contributed by atoms with Crippen molar-refractivity contribution in [2.24, 2.45) is 0 Å². The number of thiophene rings is 1. The molecule has 1 aromatic heterocycles. The van der Waals surface area contributed by atoms with Crippen molar-refractivity contribution in [3.63, 3.8) is 0 Å². The quantitative estimate of drug-likeness (QED) is 0.189. The predicted molar refractivity (Wildman–Crippen MR) is 200 cm³/mol. The summed E-state index contributed by atoms with van der Waals surface area (Å²) in [5.74, 6) is 0. The minimum atomic E-state index is 1.13. The van der Waals surface area contributed by atoms with Crippen LogP contribution in [-0.4, -0.2) is 0 Å². The lowest BCUT2D eigenvalue weighted by molar-refractivity contribution is 1.28. The number of para-hydroxylation sites is 1. The van der Waals surface area contributed by atoms with Crippen LogP contribution >= 0.6 is 11.3 Å². The summed E-state index contributed by atoms with van der Waals surface area (Å²) in [6, 6.07) is 63.7. The SMILES string of the molecule is c1ccc(N(c2ccc(-c3cccc4ccccc34)cc2)c2ccc(-c3cccc4c3sc3c5ccccc5ccc43)cc2)cc1. The third kappa shape index (κ3) is 4.46. The molecule has 0 N–H and O–H groups in total. The Morgan fingerprint density at radius 2 is 0.804 bits per heavy atom. The average molecular weight is 604 g/mol. The van der Waals surface area contributed by atoms with Crippen LogP contribution in [0.4, 0.5) is 17.1 Å². The fourth-order valence-corrected chi connectivity index (χ4v) is 8.21. The Balaban J connectivity index is 1.12. The van der Waals surface area contributed by atoms with Crippen LogP contribution < -0.4 is 4.90 Å². The van der Waals surface area contributed by atoms with Gasteiger partial charge in [-0.2, -0.15) is 0 Å². The summed E-state index contributed by atoms with van der Waals surface area (Å²) in [5.41, 5.74) is 8.36. The second-order valence-electron chi connectivity index (χ2n) is 11.7. The van der Waals surface area contributed by atoms with Crippen molar-refractivity contribution in [2.45, 2.75) is 0 Å². The van der Waals surface area contributed by atoms with Gasteiger partial charge in [-0.25, -0.2) is 0 Å². The zero-order valence-corrected chi connectivity index (χ0v) is 25.9. The van der Waals surface area contributed by atoms with E-state index in [-0.39, 0.29) is 0 Å². The van der Waals surface area contributed by atoms with Gasteiger partial charge in [0.1, 0.15) is 0 Å². The highest BCUT2D eigenvalue weighted by atomic mass is 32.1. The molecule has 0 unspecified atom stereocenters. The van der Waals surface area contributed by atoms with Crippen LogP contribution in [0.3, 0.4) is 0 Å². The molecule has 1 heterocycles. The number of hydrogen-bond donors (Lipinski definition) is 0. The van der Waals surface area contributed by atoms with Gasteiger partial charge in [0.2, 0.25) is 0 Å². The van der Waals surface area contributed by atoms with Crippen molar-refractivity contribution >= 4 is 70.1 Å². The maximum Gasteiger partial charge on any atom is 0.0462 e. The van der Waals surface area contributed by atoms with E-state index in [2.05, 4.69) is 181 Å². The van der Waals surface area contributed by atoms with E-state index in [9.17, 15) is 0 Å². The van der Waals surface area contributed by atoms with Gasteiger partial charge in [0, 0.05) is 37.2 Å². The molecule has 0 fully saturated rings. The first-order valence-corrected chi connectivity index (χ1v) is 16.5. The molecule has 0 bridgehead atoms. The zero-order chi connectivity index (χ0) is 30.5. The van der Waals surface area contributed by atoms with Crippen molar-refractivity contribution < 1.29 is 0 Å². The van der Waals surface area contributed by atoms with Gasteiger partial charge < -0.3 is 4.90 Å². The van der Waals surface area contributed by atoms with Gasteiger partial charge in [-0.05, 0) is 80.2 Å². The maximum absolute atomic E-state index is 2.34. The van der Waals surface area contributed by atoms with Gasteiger partial charge in [0.05, 0.1) is 0 Å². The Morgan fingerprint density at radius 1 is 0.304 bits per heavy atom. The molecule has 0 amide bonds. The summed E-state index contributed by atoms with van der Waals surface area (Å²) < 4.78 is 2.70. The van der Waals surface area contributed by atoms with Crippen LogP contribution in [-0.2, 0) is 0 Å². The van der Waals surface area contributed by atoms with Gasteiger partial charge in [0.15, 0.2) is 0 Å². The molecule has 0 aliphatic carbocycles. The summed E-state index contributed by atoms with van der Waals surface area (Å²) >= 11 is 1.91. The normalized spacial score (nSPS) is 11.5. The summed E-state index contributed by atoms with van der Waals surface area (Å²) in [4.78, 5) is 2.34. The second-order valence-corrected chi connectivity index (χ2v) is 12.8. The molecule has 0 atom stereocenters. The number of nitrogens with zero attached hydrogens (tertiary/aromatic N) is 1. The standard InChI is InChI=1S/C44H29NS/c1-2-13-34(14-3-1)45(35-25-20-32(21-26-35)38-17-8-12-30-10-4-6-15-37(30)38)36-27-22-33(23-28-36)40-18-9-19-41-42-29-24-31-11-5-7-16-39(31)44(42)46-43(40)41/h1-29H. The van der Waals surface area contributed by atoms with Crippen molar-refractivity contribution in [1.29, 1.82) is 0 Å². The molecule has 0 saturated heterocycles. The van der Waals surface area contributed by atoms with Crippen molar-refractivity contribution in [2.75, 3.05) is 4.90 Å². The summed E-state index contributed by atoms with van der Waals surface area (Å²) in [6.45, 7) is 0. The van der Waals surface area contributed by atoms with Gasteiger partial charge >= 0.3 is 0 Å². The number of anilines is 3. The lowest BCUT2D eigenvalue weighted by Gasteiger charge is -2.26. The summed E-state index contributed by atoms with van der Waals surface area (Å²) in [7, 11) is 0. The van der Waals surface area contributed by atoms with Gasteiger partial charge in [-0.1, -0.05) is 140 Å². The molecule has 1 nitrogen and oxygen atoms in total. The van der Waals surface area contributed by atoms with E-state index < -0.39 is 0 Å². The minimum Gasteiger partial charge on any atom is -0.311 e. The molecule has 8 aromatic carbocycles. The molecule has 0 saturated carbocycles. The second kappa shape index (κ2) is 11.0. The summed E-state index contributed by atoms with van der Waals surface area (Å²) in [6.07, 6.45) is 0. The monoisotopic (exact) mass is 603 g/mol. The third-order valence-electron chi connectivity index (χ3n) is 9.07. The van der Waals surface area contributed by atoms with E-state index in [0.29, 0.717) is 0 Å². The smallest absolute Gasteiger partial charge is 0.0462 e. The van der Waals surface area contributed by atoms with Crippen LogP contribution in [0.25, 0.3) is 64.0 Å². The molecular weight excluding hydrogens is 575 g/mol. The molecule has 0 aliphatic rings. The Kier molecular flexibility index (Phi) is 6.40. The number of fused-ring (bicyclic) bond motifs is 6. The highest BCUT2D eigenvalue weighted by Crippen LogP contribution is 2.43. The molecule has 0 aliphatic heterocycles. The first-order valence-electron chi connectivity index (χ1n) is 15.7. The molecule has 46 heavy (non-hydrogen) atoms. The Morgan fingerprint density at radius 3 is 1.54 bits per heavy atom. The third-order valence-corrected chi connectivity index (χ3v) is 10.4. The van der Waals surface area contributed by atoms with Crippen LogP contribution in [0.15, 0.2) is 176 Å². The van der Waals surface area contributed by atoms with Gasteiger partial charge in [0.25, 0.3) is 0 Å². The Labute approximate surface area is 272 Å². The van der Waals surface area contributed by atoms with E-state index in [1.54, 1.807) is 0 Å². The molecular formula is C44H29NS. The van der Waals surface area contributed by atoms with E-state index in [0.717, 1.165) is 17.1 Å².